The van der Waals surface area contributed by atoms with Crippen molar-refractivity contribution in [3.05, 3.63) is 136 Å². The maximum atomic E-state index is 14.1. The van der Waals surface area contributed by atoms with Crippen LogP contribution in [0.4, 0.5) is 0 Å². The van der Waals surface area contributed by atoms with Crippen LogP contribution in [0.5, 0.6) is 0 Å². The zero-order chi connectivity index (χ0) is 28.9. The molecule has 3 atom stereocenters. The Balaban J connectivity index is 1.26. The highest BCUT2D eigenvalue weighted by Crippen LogP contribution is 2.49. The van der Waals surface area contributed by atoms with E-state index in [9.17, 15) is 14.4 Å². The first-order chi connectivity index (χ1) is 20.6. The van der Waals surface area contributed by atoms with Crippen molar-refractivity contribution in [2.45, 2.75) is 29.6 Å². The number of thioether (sulfide) groups is 2. The molecule has 212 valence electrons. The van der Waals surface area contributed by atoms with E-state index in [1.807, 2.05) is 97.2 Å². The highest BCUT2D eigenvalue weighted by atomic mass is 32.2. The van der Waals surface area contributed by atoms with Crippen LogP contribution in [0.2, 0.25) is 0 Å². The number of hydrogen-bond acceptors (Lipinski definition) is 7. The van der Waals surface area contributed by atoms with E-state index in [0.29, 0.717) is 17.1 Å². The number of ketones is 1. The van der Waals surface area contributed by atoms with E-state index in [0.717, 1.165) is 27.2 Å². The minimum absolute atomic E-state index is 0.155. The summed E-state index contributed by atoms with van der Waals surface area (Å²) < 4.78 is 6.25. The number of hydrogen-bond donors (Lipinski definition) is 2. The summed E-state index contributed by atoms with van der Waals surface area (Å²) in [4.78, 5) is 41.3. The summed E-state index contributed by atoms with van der Waals surface area (Å²) in [5.74, 6) is -0.351. The van der Waals surface area contributed by atoms with Gasteiger partial charge in [-0.05, 0) is 16.7 Å². The molecule has 1 saturated carbocycles. The van der Waals surface area contributed by atoms with E-state index < -0.39 is 24.0 Å². The molecular formula is C33H29N3O4S2. The summed E-state index contributed by atoms with van der Waals surface area (Å²) in [5.41, 5.74) is 3.97. The number of carbonyl (C=O) groups excluding carboxylic acids is 3. The lowest BCUT2D eigenvalue weighted by Crippen LogP contribution is -2.65. The number of amides is 1. The minimum Gasteiger partial charge on any atom is -0.449 e. The molecule has 1 aliphatic carbocycles. The van der Waals surface area contributed by atoms with Gasteiger partial charge in [0.15, 0.2) is 11.9 Å². The molecule has 1 unspecified atom stereocenters. The van der Waals surface area contributed by atoms with Gasteiger partial charge in [-0.2, -0.15) is 5.10 Å². The molecule has 2 aliphatic rings. The first kappa shape index (κ1) is 28.1. The molecule has 4 aromatic rings. The molecule has 0 radical (unpaired) electrons. The van der Waals surface area contributed by atoms with Gasteiger partial charge in [0, 0.05) is 33.4 Å². The standard InChI is InChI=1S/C33H29N3O4S2/c37-26(16-21-10-4-1-5-11-21)36-29-30(38)28-27(25(20-42-32(28)29)41-19-22-17-34-35-18-22)33(39)40-31(23-12-6-2-7-13-23)24-14-8-3-9-15-24/h1-15,17-18,28-29,31-32H,16,19-20H2,(H,34,35)(H,36,37)/t28?,29-,32+/m1/s1. The molecular weight excluding hydrogens is 567 g/mol. The summed E-state index contributed by atoms with van der Waals surface area (Å²) in [6.45, 7) is 0. The van der Waals surface area contributed by atoms with E-state index >= 15 is 0 Å². The van der Waals surface area contributed by atoms with Crippen LogP contribution in [0.1, 0.15) is 28.4 Å². The third-order valence-corrected chi connectivity index (χ3v) is 10.2. The van der Waals surface area contributed by atoms with Crippen molar-refractivity contribution >= 4 is 41.2 Å². The van der Waals surface area contributed by atoms with Crippen LogP contribution in [0.3, 0.4) is 0 Å². The molecule has 2 heterocycles. The molecule has 1 amide bonds. The van der Waals surface area contributed by atoms with Gasteiger partial charge >= 0.3 is 5.97 Å². The SMILES string of the molecule is O=C(Cc1ccccc1)N[C@@H]1C(=O)C2C(C(=O)OC(c3ccccc3)c3ccccc3)=C(SCc3cn[nH]c3)CS[C@@H]21. The Hall–Kier alpha value is -4.08. The Labute approximate surface area is 252 Å². The third-order valence-electron chi connectivity index (χ3n) is 7.43. The van der Waals surface area contributed by atoms with E-state index in [4.69, 9.17) is 4.74 Å². The number of ether oxygens (including phenoxy) is 1. The van der Waals surface area contributed by atoms with Gasteiger partial charge in [0.2, 0.25) is 5.91 Å². The molecule has 1 aromatic heterocycles. The van der Waals surface area contributed by atoms with Crippen molar-refractivity contribution in [3.63, 3.8) is 0 Å². The van der Waals surface area contributed by atoms with Crippen molar-refractivity contribution in [2.24, 2.45) is 5.92 Å². The minimum atomic E-state index is -0.641. The molecule has 7 nitrogen and oxygen atoms in total. The van der Waals surface area contributed by atoms with Gasteiger partial charge in [-0.15, -0.1) is 23.5 Å². The summed E-state index contributed by atoms with van der Waals surface area (Å²) in [5, 5.41) is 9.54. The number of aromatic amines is 1. The van der Waals surface area contributed by atoms with Crippen LogP contribution in [0, 0.1) is 5.92 Å². The maximum Gasteiger partial charge on any atom is 0.336 e. The molecule has 0 bridgehead atoms. The van der Waals surface area contributed by atoms with Crippen molar-refractivity contribution in [1.82, 2.24) is 15.5 Å². The first-order valence-electron chi connectivity index (χ1n) is 13.7. The van der Waals surface area contributed by atoms with E-state index in [1.165, 1.54) is 11.8 Å². The number of nitrogens with zero attached hydrogens (tertiary/aromatic N) is 1. The zero-order valence-corrected chi connectivity index (χ0v) is 24.3. The quantitative estimate of drug-likeness (QED) is 0.241. The molecule has 1 aliphatic heterocycles. The third kappa shape index (κ3) is 6.07. The van der Waals surface area contributed by atoms with Crippen molar-refractivity contribution in [2.75, 3.05) is 5.75 Å². The Bertz CT molecular complexity index is 1540. The number of benzene rings is 3. The lowest BCUT2D eigenvalue weighted by Gasteiger charge is -2.46. The van der Waals surface area contributed by atoms with Crippen molar-refractivity contribution in [3.8, 4) is 0 Å². The van der Waals surface area contributed by atoms with Gasteiger partial charge in [0.25, 0.3) is 0 Å². The lowest BCUT2D eigenvalue weighted by molar-refractivity contribution is -0.146. The molecule has 9 heteroatoms. The van der Waals surface area contributed by atoms with Gasteiger partial charge in [0.05, 0.1) is 24.1 Å². The number of nitrogens with one attached hydrogen (secondary N) is 2. The second kappa shape index (κ2) is 12.8. The predicted octanol–water partition coefficient (Wildman–Crippen LogP) is 5.27. The first-order valence-corrected chi connectivity index (χ1v) is 15.7. The normalized spacial score (nSPS) is 19.6. The van der Waals surface area contributed by atoms with Crippen LogP contribution in [-0.2, 0) is 31.3 Å². The Morgan fingerprint density at radius 2 is 1.60 bits per heavy atom. The highest BCUT2D eigenvalue weighted by molar-refractivity contribution is 8.05. The van der Waals surface area contributed by atoms with Gasteiger partial charge < -0.3 is 10.1 Å². The summed E-state index contributed by atoms with van der Waals surface area (Å²) in [7, 11) is 0. The smallest absolute Gasteiger partial charge is 0.336 e. The molecule has 2 N–H and O–H groups in total. The van der Waals surface area contributed by atoms with Crippen LogP contribution >= 0.6 is 23.5 Å². The monoisotopic (exact) mass is 595 g/mol. The molecule has 3 aromatic carbocycles. The molecule has 6 rings (SSSR count). The fourth-order valence-electron chi connectivity index (χ4n) is 5.31. The fourth-order valence-corrected chi connectivity index (χ4v) is 8.07. The zero-order valence-electron chi connectivity index (χ0n) is 22.6. The van der Waals surface area contributed by atoms with Crippen LogP contribution in [-0.4, -0.2) is 44.9 Å². The van der Waals surface area contributed by atoms with E-state index in [1.54, 1.807) is 18.0 Å². The lowest BCUT2D eigenvalue weighted by atomic mass is 9.72. The number of aromatic nitrogens is 2. The van der Waals surface area contributed by atoms with Crippen molar-refractivity contribution in [1.29, 1.82) is 0 Å². The number of carbonyl (C=O) groups is 3. The molecule has 0 saturated heterocycles. The maximum absolute atomic E-state index is 14.1. The second-order valence-corrected chi connectivity index (χ2v) is 12.4. The average Bonchev–Trinajstić information content (AvgIpc) is 3.56. The molecule has 42 heavy (non-hydrogen) atoms. The summed E-state index contributed by atoms with van der Waals surface area (Å²) in [6, 6.07) is 28.0. The Kier molecular flexibility index (Phi) is 8.58. The van der Waals surface area contributed by atoms with Crippen molar-refractivity contribution < 1.29 is 19.1 Å². The molecule has 1 fully saturated rings. The highest BCUT2D eigenvalue weighted by Gasteiger charge is 2.56. The van der Waals surface area contributed by atoms with Crippen LogP contribution in [0.15, 0.2) is 114 Å². The van der Waals surface area contributed by atoms with E-state index in [2.05, 4.69) is 15.5 Å². The number of Topliss-reactive ketones (excluding diaryl/α,β-unsaturated/α-hetero) is 1. The van der Waals surface area contributed by atoms with E-state index in [-0.39, 0.29) is 23.4 Å². The Morgan fingerprint density at radius 3 is 2.21 bits per heavy atom. The average molecular weight is 596 g/mol. The van der Waals surface area contributed by atoms with Gasteiger partial charge in [-0.25, -0.2) is 4.79 Å². The Morgan fingerprint density at radius 1 is 0.952 bits per heavy atom. The number of esters is 1. The predicted molar refractivity (Wildman–Crippen MR) is 165 cm³/mol. The summed E-state index contributed by atoms with van der Waals surface area (Å²) in [6.07, 6.45) is 3.13. The van der Waals surface area contributed by atoms with Crippen LogP contribution < -0.4 is 5.32 Å². The van der Waals surface area contributed by atoms with Gasteiger partial charge in [-0.1, -0.05) is 91.0 Å². The number of rotatable bonds is 10. The second-order valence-electron chi connectivity index (χ2n) is 10.2. The topological polar surface area (TPSA) is 101 Å². The molecule has 0 spiro atoms. The summed E-state index contributed by atoms with van der Waals surface area (Å²) >= 11 is 3.13. The largest absolute Gasteiger partial charge is 0.449 e. The number of H-pyrrole nitrogens is 1. The van der Waals surface area contributed by atoms with Crippen LogP contribution in [0.25, 0.3) is 0 Å². The van der Waals surface area contributed by atoms with Gasteiger partial charge in [0.1, 0.15) is 6.04 Å². The fraction of sp³-hybridized carbons (Fsp3) is 0.212. The van der Waals surface area contributed by atoms with Gasteiger partial charge in [-0.3, -0.25) is 14.7 Å². The number of fused-ring (bicyclic) bond motifs is 1.